The van der Waals surface area contributed by atoms with Gasteiger partial charge in [0.25, 0.3) is 0 Å². The molecule has 0 unspecified atom stereocenters. The summed E-state index contributed by atoms with van der Waals surface area (Å²) in [6.45, 7) is 17.0. The second-order valence-electron chi connectivity index (χ2n) is 7.61. The van der Waals surface area contributed by atoms with E-state index in [9.17, 15) is 0 Å². The maximum atomic E-state index is 5.58. The maximum Gasteiger partial charge on any atom is 0.172 e. The molecule has 0 aromatic rings. The van der Waals surface area contributed by atoms with E-state index < -0.39 is 0 Å². The average Bonchev–Trinajstić information content (AvgIpc) is 2.53. The van der Waals surface area contributed by atoms with Crippen LogP contribution in [0.5, 0.6) is 0 Å². The third-order valence-electron chi connectivity index (χ3n) is 3.51. The van der Waals surface area contributed by atoms with E-state index in [-0.39, 0.29) is 5.54 Å². The molecule has 0 spiro atoms. The van der Waals surface area contributed by atoms with Gasteiger partial charge in [-0.2, -0.15) is 0 Å². The van der Waals surface area contributed by atoms with Crippen molar-refractivity contribution in [3.05, 3.63) is 0 Å². The fourth-order valence-corrected chi connectivity index (χ4v) is 2.92. The molecule has 1 fully saturated rings. The molecule has 1 rings (SSSR count). The van der Waals surface area contributed by atoms with Gasteiger partial charge in [-0.05, 0) is 51.2 Å². The molecule has 2 nitrogen and oxygen atoms in total. The van der Waals surface area contributed by atoms with E-state index in [0.29, 0.717) is 5.41 Å². The predicted molar refractivity (Wildman–Crippen MR) is 83.9 cm³/mol. The number of thiocarbonyl (C=S) groups is 1. The first-order chi connectivity index (χ1) is 8.11. The third-order valence-corrected chi connectivity index (χ3v) is 3.99. The van der Waals surface area contributed by atoms with E-state index in [0.717, 1.165) is 24.7 Å². The van der Waals surface area contributed by atoms with E-state index in [1.54, 1.807) is 0 Å². The molecule has 0 aliphatic carbocycles. The summed E-state index contributed by atoms with van der Waals surface area (Å²) >= 11 is 5.58. The van der Waals surface area contributed by atoms with Crippen LogP contribution in [0.25, 0.3) is 0 Å². The Morgan fingerprint density at radius 2 is 1.61 bits per heavy atom. The van der Waals surface area contributed by atoms with Crippen molar-refractivity contribution >= 4 is 17.3 Å². The van der Waals surface area contributed by atoms with Crippen LogP contribution in [0.3, 0.4) is 0 Å². The summed E-state index contributed by atoms with van der Waals surface area (Å²) < 4.78 is 0. The lowest BCUT2D eigenvalue weighted by atomic mass is 9.90. The van der Waals surface area contributed by atoms with Crippen LogP contribution in [-0.4, -0.2) is 40.1 Å². The number of hydrogen-bond acceptors (Lipinski definition) is 1. The van der Waals surface area contributed by atoms with Gasteiger partial charge in [-0.15, -0.1) is 0 Å². The van der Waals surface area contributed by atoms with E-state index in [4.69, 9.17) is 12.2 Å². The first kappa shape index (κ1) is 15.7. The molecule has 0 amide bonds. The van der Waals surface area contributed by atoms with Crippen LogP contribution in [0.15, 0.2) is 0 Å². The SMILES string of the molecule is CC(C)(C)CCCCN1CCN(C(C)(C)C)C1=S. The highest BCUT2D eigenvalue weighted by molar-refractivity contribution is 7.80. The van der Waals surface area contributed by atoms with Crippen molar-refractivity contribution in [3.63, 3.8) is 0 Å². The predicted octanol–water partition coefficient (Wildman–Crippen LogP) is 3.90. The molecule has 0 saturated carbocycles. The fourth-order valence-electron chi connectivity index (χ4n) is 2.37. The monoisotopic (exact) mass is 270 g/mol. The molecule has 1 aliphatic rings. The lowest BCUT2D eigenvalue weighted by Gasteiger charge is -2.34. The molecule has 0 N–H and O–H groups in total. The van der Waals surface area contributed by atoms with Gasteiger partial charge in [0, 0.05) is 25.2 Å². The summed E-state index contributed by atoms with van der Waals surface area (Å²) in [6.07, 6.45) is 3.87. The van der Waals surface area contributed by atoms with Crippen LogP contribution in [0, 0.1) is 5.41 Å². The Balaban J connectivity index is 2.32. The normalized spacial score (nSPS) is 17.8. The number of hydrogen-bond donors (Lipinski definition) is 0. The molecule has 1 aliphatic heterocycles. The van der Waals surface area contributed by atoms with E-state index in [1.165, 1.54) is 19.3 Å². The van der Waals surface area contributed by atoms with Gasteiger partial charge in [-0.25, -0.2) is 0 Å². The molecule has 0 aromatic carbocycles. The smallest absolute Gasteiger partial charge is 0.172 e. The highest BCUT2D eigenvalue weighted by atomic mass is 32.1. The number of rotatable bonds is 4. The van der Waals surface area contributed by atoms with Crippen LogP contribution in [-0.2, 0) is 0 Å². The molecule has 106 valence electrons. The van der Waals surface area contributed by atoms with Crippen LogP contribution >= 0.6 is 12.2 Å². The summed E-state index contributed by atoms with van der Waals surface area (Å²) in [6, 6.07) is 0. The van der Waals surface area contributed by atoms with Crippen molar-refractivity contribution in [3.8, 4) is 0 Å². The van der Waals surface area contributed by atoms with Crippen molar-refractivity contribution < 1.29 is 0 Å². The molecule has 0 aromatic heterocycles. The molecule has 0 radical (unpaired) electrons. The van der Waals surface area contributed by atoms with Crippen LogP contribution < -0.4 is 0 Å². The molecular formula is C15H30N2S. The molecule has 18 heavy (non-hydrogen) atoms. The highest BCUT2D eigenvalue weighted by Gasteiger charge is 2.32. The molecule has 3 heteroatoms. The first-order valence-electron chi connectivity index (χ1n) is 7.18. The molecule has 1 saturated heterocycles. The lowest BCUT2D eigenvalue weighted by molar-refractivity contribution is 0.263. The van der Waals surface area contributed by atoms with Gasteiger partial charge < -0.3 is 9.80 Å². The van der Waals surface area contributed by atoms with Gasteiger partial charge in [0.1, 0.15) is 0 Å². The van der Waals surface area contributed by atoms with E-state index in [1.807, 2.05) is 0 Å². The van der Waals surface area contributed by atoms with Crippen molar-refractivity contribution in [2.45, 2.75) is 66.3 Å². The van der Waals surface area contributed by atoms with Gasteiger partial charge >= 0.3 is 0 Å². The molecular weight excluding hydrogens is 240 g/mol. The minimum Gasteiger partial charge on any atom is -0.347 e. The zero-order valence-electron chi connectivity index (χ0n) is 13.0. The largest absolute Gasteiger partial charge is 0.347 e. The lowest BCUT2D eigenvalue weighted by Crippen LogP contribution is -2.44. The Morgan fingerprint density at radius 3 is 2.06 bits per heavy atom. The van der Waals surface area contributed by atoms with Gasteiger partial charge in [-0.1, -0.05) is 27.2 Å². The Bertz CT molecular complexity index is 286. The number of unbranched alkanes of at least 4 members (excludes halogenated alkanes) is 1. The Morgan fingerprint density at radius 1 is 1.00 bits per heavy atom. The average molecular weight is 270 g/mol. The zero-order chi connectivity index (χ0) is 14.0. The Hall–Kier alpha value is -0.310. The number of nitrogens with zero attached hydrogens (tertiary/aromatic N) is 2. The summed E-state index contributed by atoms with van der Waals surface area (Å²) in [4.78, 5) is 4.73. The molecule has 0 atom stereocenters. The maximum absolute atomic E-state index is 5.58. The fraction of sp³-hybridized carbons (Fsp3) is 0.933. The van der Waals surface area contributed by atoms with Gasteiger partial charge in [0.2, 0.25) is 0 Å². The molecule has 0 bridgehead atoms. The Labute approximate surface area is 119 Å². The van der Waals surface area contributed by atoms with Crippen molar-refractivity contribution in [2.75, 3.05) is 19.6 Å². The van der Waals surface area contributed by atoms with Gasteiger partial charge in [0.15, 0.2) is 5.11 Å². The second-order valence-corrected chi connectivity index (χ2v) is 7.97. The van der Waals surface area contributed by atoms with Crippen molar-refractivity contribution in [2.24, 2.45) is 5.41 Å². The van der Waals surface area contributed by atoms with E-state index >= 15 is 0 Å². The van der Waals surface area contributed by atoms with Gasteiger partial charge in [-0.3, -0.25) is 0 Å². The topological polar surface area (TPSA) is 6.48 Å². The molecule has 1 heterocycles. The van der Waals surface area contributed by atoms with Crippen molar-refractivity contribution in [1.82, 2.24) is 9.80 Å². The quantitative estimate of drug-likeness (QED) is 0.565. The van der Waals surface area contributed by atoms with E-state index in [2.05, 4.69) is 51.3 Å². The standard InChI is InChI=1S/C15H30N2S/c1-14(2,3)9-7-8-10-16-11-12-17(13(16)18)15(4,5)6/h7-12H2,1-6H3. The van der Waals surface area contributed by atoms with Crippen LogP contribution in [0.4, 0.5) is 0 Å². The highest BCUT2D eigenvalue weighted by Crippen LogP contribution is 2.23. The summed E-state index contributed by atoms with van der Waals surface area (Å²) in [5.74, 6) is 0. The zero-order valence-corrected chi connectivity index (χ0v) is 13.9. The van der Waals surface area contributed by atoms with Crippen LogP contribution in [0.2, 0.25) is 0 Å². The van der Waals surface area contributed by atoms with Gasteiger partial charge in [0.05, 0.1) is 0 Å². The summed E-state index contributed by atoms with van der Waals surface area (Å²) in [7, 11) is 0. The second kappa shape index (κ2) is 5.77. The summed E-state index contributed by atoms with van der Waals surface area (Å²) in [5.41, 5.74) is 0.625. The van der Waals surface area contributed by atoms with Crippen molar-refractivity contribution in [1.29, 1.82) is 0 Å². The third kappa shape index (κ3) is 4.75. The first-order valence-corrected chi connectivity index (χ1v) is 7.59. The minimum absolute atomic E-state index is 0.164. The summed E-state index contributed by atoms with van der Waals surface area (Å²) in [5, 5.41) is 1.05. The minimum atomic E-state index is 0.164. The Kier molecular flexibility index (Phi) is 5.05. The van der Waals surface area contributed by atoms with Crippen LogP contribution in [0.1, 0.15) is 60.8 Å².